The van der Waals surface area contributed by atoms with Crippen LogP contribution >= 0.6 is 0 Å². The highest BCUT2D eigenvalue weighted by molar-refractivity contribution is 4.88. The Hall–Kier alpha value is -0.0800. The third-order valence-electron chi connectivity index (χ3n) is 2.27. The van der Waals surface area contributed by atoms with Crippen LogP contribution in [0.25, 0.3) is 0 Å². The van der Waals surface area contributed by atoms with Crippen molar-refractivity contribution < 1.29 is 5.11 Å². The van der Waals surface area contributed by atoms with Crippen LogP contribution in [0, 0.1) is 5.41 Å². The van der Waals surface area contributed by atoms with E-state index in [4.69, 9.17) is 5.11 Å². The van der Waals surface area contributed by atoms with Gasteiger partial charge in [0.1, 0.15) is 6.23 Å². The van der Waals surface area contributed by atoms with Crippen molar-refractivity contribution in [2.45, 2.75) is 39.3 Å². The lowest BCUT2D eigenvalue weighted by Crippen LogP contribution is -2.27. The zero-order valence-electron chi connectivity index (χ0n) is 6.85. The standard InChI is InChI=1S/C8H17NO/c1-7(10)9-6-5-8(2)3-4-8/h7,9-10H,3-6H2,1-2H3. The summed E-state index contributed by atoms with van der Waals surface area (Å²) in [6, 6.07) is 0. The highest BCUT2D eigenvalue weighted by atomic mass is 16.3. The van der Waals surface area contributed by atoms with Gasteiger partial charge in [0, 0.05) is 0 Å². The van der Waals surface area contributed by atoms with E-state index < -0.39 is 0 Å². The van der Waals surface area contributed by atoms with E-state index in [2.05, 4.69) is 12.2 Å². The normalized spacial score (nSPS) is 24.3. The molecule has 1 saturated carbocycles. The highest BCUT2D eigenvalue weighted by Crippen LogP contribution is 2.47. The third kappa shape index (κ3) is 2.67. The fourth-order valence-electron chi connectivity index (χ4n) is 1.05. The van der Waals surface area contributed by atoms with Crippen LogP contribution in [-0.4, -0.2) is 17.9 Å². The lowest BCUT2D eigenvalue weighted by Gasteiger charge is -2.10. The molecule has 1 aliphatic rings. The van der Waals surface area contributed by atoms with Crippen molar-refractivity contribution in [2.75, 3.05) is 6.54 Å². The van der Waals surface area contributed by atoms with E-state index in [-0.39, 0.29) is 6.23 Å². The van der Waals surface area contributed by atoms with Gasteiger partial charge in [0.25, 0.3) is 0 Å². The Morgan fingerprint density at radius 1 is 1.60 bits per heavy atom. The van der Waals surface area contributed by atoms with Crippen molar-refractivity contribution in [2.24, 2.45) is 5.41 Å². The Morgan fingerprint density at radius 3 is 2.60 bits per heavy atom. The number of aliphatic hydroxyl groups is 1. The Balaban J connectivity index is 1.95. The van der Waals surface area contributed by atoms with Crippen molar-refractivity contribution in [1.29, 1.82) is 0 Å². The average molecular weight is 143 g/mol. The van der Waals surface area contributed by atoms with Gasteiger partial charge in [0.15, 0.2) is 0 Å². The smallest absolute Gasteiger partial charge is 0.102 e. The third-order valence-corrected chi connectivity index (χ3v) is 2.27. The summed E-state index contributed by atoms with van der Waals surface area (Å²) in [6.45, 7) is 5.01. The monoisotopic (exact) mass is 143 g/mol. The molecular weight excluding hydrogens is 126 g/mol. The maximum absolute atomic E-state index is 8.86. The van der Waals surface area contributed by atoms with Crippen LogP contribution in [0.15, 0.2) is 0 Å². The molecule has 1 aliphatic carbocycles. The number of nitrogens with one attached hydrogen (secondary N) is 1. The fraction of sp³-hybridized carbons (Fsp3) is 1.00. The second kappa shape index (κ2) is 2.89. The highest BCUT2D eigenvalue weighted by Gasteiger charge is 2.36. The quantitative estimate of drug-likeness (QED) is 0.578. The molecule has 0 saturated heterocycles. The van der Waals surface area contributed by atoms with E-state index in [1.165, 1.54) is 19.3 Å². The van der Waals surface area contributed by atoms with E-state index in [1.54, 1.807) is 6.92 Å². The Labute approximate surface area is 62.6 Å². The molecule has 1 unspecified atom stereocenters. The maximum atomic E-state index is 8.86. The SMILES string of the molecule is CC(O)NCCC1(C)CC1. The Bertz CT molecular complexity index is 108. The van der Waals surface area contributed by atoms with Gasteiger partial charge in [-0.2, -0.15) is 0 Å². The first-order valence-corrected chi connectivity index (χ1v) is 4.04. The summed E-state index contributed by atoms with van der Waals surface area (Å²) in [4.78, 5) is 0. The minimum absolute atomic E-state index is 0.345. The summed E-state index contributed by atoms with van der Waals surface area (Å²) in [5, 5.41) is 11.9. The molecule has 0 radical (unpaired) electrons. The first-order valence-electron chi connectivity index (χ1n) is 4.04. The molecule has 0 aromatic carbocycles. The van der Waals surface area contributed by atoms with Gasteiger partial charge >= 0.3 is 0 Å². The lowest BCUT2D eigenvalue weighted by molar-refractivity contribution is 0.154. The average Bonchev–Trinajstić information content (AvgIpc) is 2.47. The molecular formula is C8H17NO. The van der Waals surface area contributed by atoms with Gasteiger partial charge in [0.05, 0.1) is 0 Å². The van der Waals surface area contributed by atoms with Gasteiger partial charge in [-0.15, -0.1) is 0 Å². The van der Waals surface area contributed by atoms with Crippen LogP contribution in [0.5, 0.6) is 0 Å². The molecule has 60 valence electrons. The van der Waals surface area contributed by atoms with Crippen molar-refractivity contribution in [3.63, 3.8) is 0 Å². The van der Waals surface area contributed by atoms with Crippen LogP contribution in [-0.2, 0) is 0 Å². The molecule has 0 aromatic heterocycles. The minimum atomic E-state index is -0.345. The van der Waals surface area contributed by atoms with Crippen LogP contribution in [0.2, 0.25) is 0 Å². The molecule has 2 heteroatoms. The minimum Gasteiger partial charge on any atom is -0.379 e. The summed E-state index contributed by atoms with van der Waals surface area (Å²) in [5.74, 6) is 0. The second-order valence-electron chi connectivity index (χ2n) is 3.69. The van der Waals surface area contributed by atoms with Crippen LogP contribution in [0.1, 0.15) is 33.1 Å². The summed E-state index contributed by atoms with van der Waals surface area (Å²) < 4.78 is 0. The first kappa shape index (κ1) is 8.02. The predicted molar refractivity (Wildman–Crippen MR) is 41.6 cm³/mol. The van der Waals surface area contributed by atoms with E-state index in [9.17, 15) is 0 Å². The topological polar surface area (TPSA) is 32.3 Å². The molecule has 0 spiro atoms. The lowest BCUT2D eigenvalue weighted by atomic mass is 10.1. The van der Waals surface area contributed by atoms with Crippen LogP contribution < -0.4 is 5.32 Å². The largest absolute Gasteiger partial charge is 0.379 e. The number of rotatable bonds is 4. The number of hydrogen-bond donors (Lipinski definition) is 2. The Kier molecular flexibility index (Phi) is 2.32. The molecule has 0 heterocycles. The zero-order valence-corrected chi connectivity index (χ0v) is 6.85. The number of hydrogen-bond acceptors (Lipinski definition) is 2. The van der Waals surface area contributed by atoms with E-state index in [1.807, 2.05) is 0 Å². The molecule has 0 aliphatic heterocycles. The first-order chi connectivity index (χ1) is 4.62. The van der Waals surface area contributed by atoms with Crippen LogP contribution in [0.3, 0.4) is 0 Å². The zero-order chi connectivity index (χ0) is 7.61. The van der Waals surface area contributed by atoms with E-state index in [0.29, 0.717) is 5.41 Å². The van der Waals surface area contributed by atoms with Crippen molar-refractivity contribution in [3.8, 4) is 0 Å². The Morgan fingerprint density at radius 2 is 2.20 bits per heavy atom. The molecule has 1 rings (SSSR count). The second-order valence-corrected chi connectivity index (χ2v) is 3.69. The van der Waals surface area contributed by atoms with E-state index in [0.717, 1.165) is 6.54 Å². The van der Waals surface area contributed by atoms with Gasteiger partial charge in [-0.05, 0) is 38.1 Å². The van der Waals surface area contributed by atoms with Gasteiger partial charge < -0.3 is 5.11 Å². The molecule has 0 amide bonds. The van der Waals surface area contributed by atoms with Crippen LogP contribution in [0.4, 0.5) is 0 Å². The van der Waals surface area contributed by atoms with Gasteiger partial charge in [-0.3, -0.25) is 5.32 Å². The summed E-state index contributed by atoms with van der Waals surface area (Å²) in [5.41, 5.74) is 0.613. The molecule has 10 heavy (non-hydrogen) atoms. The molecule has 0 bridgehead atoms. The maximum Gasteiger partial charge on any atom is 0.102 e. The molecule has 0 aromatic rings. The molecule has 1 atom stereocenters. The molecule has 2 nitrogen and oxygen atoms in total. The van der Waals surface area contributed by atoms with Crippen molar-refractivity contribution in [1.82, 2.24) is 5.32 Å². The number of aliphatic hydroxyl groups excluding tert-OH is 1. The molecule has 1 fully saturated rings. The summed E-state index contributed by atoms with van der Waals surface area (Å²) in [6.07, 6.45) is 3.60. The predicted octanol–water partition coefficient (Wildman–Crippen LogP) is 1.10. The van der Waals surface area contributed by atoms with Gasteiger partial charge in [-0.25, -0.2) is 0 Å². The van der Waals surface area contributed by atoms with E-state index >= 15 is 0 Å². The van der Waals surface area contributed by atoms with Crippen molar-refractivity contribution in [3.05, 3.63) is 0 Å². The van der Waals surface area contributed by atoms with Gasteiger partial charge in [-0.1, -0.05) is 6.92 Å². The summed E-state index contributed by atoms with van der Waals surface area (Å²) >= 11 is 0. The fourth-order valence-corrected chi connectivity index (χ4v) is 1.05. The van der Waals surface area contributed by atoms with Gasteiger partial charge in [0.2, 0.25) is 0 Å². The molecule has 2 N–H and O–H groups in total. The summed E-state index contributed by atoms with van der Waals surface area (Å²) in [7, 11) is 0. The van der Waals surface area contributed by atoms with Crippen molar-refractivity contribution >= 4 is 0 Å².